The second-order valence-corrected chi connectivity index (χ2v) is 6.63. The van der Waals surface area contributed by atoms with E-state index in [1.807, 2.05) is 12.1 Å². The molecular weight excluding hydrogens is 334 g/mol. The lowest BCUT2D eigenvalue weighted by atomic mass is 9.79. The molecular formula is C21H28ClNO2. The van der Waals surface area contributed by atoms with Crippen molar-refractivity contribution >= 4 is 12.4 Å². The molecule has 1 saturated carbocycles. The summed E-state index contributed by atoms with van der Waals surface area (Å²) < 4.78 is 10.8. The van der Waals surface area contributed by atoms with Crippen LogP contribution in [0.1, 0.15) is 36.8 Å². The van der Waals surface area contributed by atoms with E-state index < -0.39 is 0 Å². The van der Waals surface area contributed by atoms with Crippen LogP contribution in [0.25, 0.3) is 0 Å². The molecule has 0 aliphatic heterocycles. The van der Waals surface area contributed by atoms with Gasteiger partial charge in [-0.15, -0.1) is 12.4 Å². The Bertz CT molecular complexity index is 654. The molecule has 1 fully saturated rings. The summed E-state index contributed by atoms with van der Waals surface area (Å²) >= 11 is 0. The SMILES string of the molecule is COc1ccc(CNCC2(c3ccccc3)CCCC2)c(OC)c1.Cl. The van der Waals surface area contributed by atoms with Crippen molar-refractivity contribution < 1.29 is 9.47 Å². The molecule has 3 rings (SSSR count). The zero-order valence-corrected chi connectivity index (χ0v) is 15.9. The topological polar surface area (TPSA) is 30.5 Å². The van der Waals surface area contributed by atoms with Gasteiger partial charge >= 0.3 is 0 Å². The smallest absolute Gasteiger partial charge is 0.127 e. The Labute approximate surface area is 157 Å². The van der Waals surface area contributed by atoms with Gasteiger partial charge in [0.05, 0.1) is 14.2 Å². The minimum Gasteiger partial charge on any atom is -0.497 e. The molecule has 2 aromatic carbocycles. The van der Waals surface area contributed by atoms with Crippen LogP contribution in [-0.4, -0.2) is 20.8 Å². The number of nitrogens with one attached hydrogen (secondary N) is 1. The van der Waals surface area contributed by atoms with Crippen LogP contribution < -0.4 is 14.8 Å². The fraction of sp³-hybridized carbons (Fsp3) is 0.429. The Kier molecular flexibility index (Phi) is 7.15. The van der Waals surface area contributed by atoms with Crippen LogP contribution in [0.5, 0.6) is 11.5 Å². The van der Waals surface area contributed by atoms with Crippen LogP contribution in [0.3, 0.4) is 0 Å². The van der Waals surface area contributed by atoms with E-state index in [1.165, 1.54) is 36.8 Å². The average molecular weight is 362 g/mol. The molecule has 3 nitrogen and oxygen atoms in total. The van der Waals surface area contributed by atoms with Gasteiger partial charge in [0.15, 0.2) is 0 Å². The number of hydrogen-bond acceptors (Lipinski definition) is 3. The second kappa shape index (κ2) is 9.12. The van der Waals surface area contributed by atoms with Gasteiger partial charge < -0.3 is 14.8 Å². The van der Waals surface area contributed by atoms with E-state index in [2.05, 4.69) is 41.7 Å². The van der Waals surface area contributed by atoms with Crippen LogP contribution in [0.4, 0.5) is 0 Å². The molecule has 25 heavy (non-hydrogen) atoms. The van der Waals surface area contributed by atoms with Crippen molar-refractivity contribution in [3.05, 3.63) is 59.7 Å². The van der Waals surface area contributed by atoms with E-state index in [4.69, 9.17) is 9.47 Å². The van der Waals surface area contributed by atoms with Gasteiger partial charge in [0.1, 0.15) is 11.5 Å². The highest BCUT2D eigenvalue weighted by atomic mass is 35.5. The number of ether oxygens (including phenoxy) is 2. The Morgan fingerprint density at radius 2 is 1.68 bits per heavy atom. The van der Waals surface area contributed by atoms with Crippen molar-refractivity contribution in [2.75, 3.05) is 20.8 Å². The van der Waals surface area contributed by atoms with Crippen molar-refractivity contribution in [2.24, 2.45) is 0 Å². The molecule has 0 atom stereocenters. The molecule has 0 unspecified atom stereocenters. The van der Waals surface area contributed by atoms with Gasteiger partial charge in [-0.1, -0.05) is 49.2 Å². The number of hydrogen-bond donors (Lipinski definition) is 1. The fourth-order valence-electron chi connectivity index (χ4n) is 3.85. The van der Waals surface area contributed by atoms with Crippen molar-refractivity contribution in [3.8, 4) is 11.5 Å². The van der Waals surface area contributed by atoms with Gasteiger partial charge in [-0.25, -0.2) is 0 Å². The van der Waals surface area contributed by atoms with Crippen molar-refractivity contribution in [2.45, 2.75) is 37.6 Å². The van der Waals surface area contributed by atoms with Gasteiger partial charge in [0, 0.05) is 30.1 Å². The summed E-state index contributed by atoms with van der Waals surface area (Å²) in [6.07, 6.45) is 5.18. The van der Waals surface area contributed by atoms with Gasteiger partial charge in [-0.05, 0) is 24.5 Å². The van der Waals surface area contributed by atoms with Gasteiger partial charge in [0.2, 0.25) is 0 Å². The molecule has 1 aliphatic rings. The number of halogens is 1. The van der Waals surface area contributed by atoms with E-state index in [0.29, 0.717) is 0 Å². The van der Waals surface area contributed by atoms with E-state index in [-0.39, 0.29) is 17.8 Å². The Morgan fingerprint density at radius 1 is 0.960 bits per heavy atom. The first-order chi connectivity index (χ1) is 11.8. The summed E-state index contributed by atoms with van der Waals surface area (Å²) in [6, 6.07) is 17.0. The van der Waals surface area contributed by atoms with E-state index in [0.717, 1.165) is 24.6 Å². The molecule has 0 heterocycles. The molecule has 0 aromatic heterocycles. The molecule has 136 valence electrons. The van der Waals surface area contributed by atoms with E-state index in [1.54, 1.807) is 14.2 Å². The van der Waals surface area contributed by atoms with Crippen molar-refractivity contribution in [1.82, 2.24) is 5.32 Å². The summed E-state index contributed by atoms with van der Waals surface area (Å²) in [5.74, 6) is 1.70. The number of rotatable bonds is 7. The third-order valence-electron chi connectivity index (χ3n) is 5.22. The highest BCUT2D eigenvalue weighted by Gasteiger charge is 2.34. The molecule has 4 heteroatoms. The van der Waals surface area contributed by atoms with Gasteiger partial charge in [0.25, 0.3) is 0 Å². The van der Waals surface area contributed by atoms with E-state index in [9.17, 15) is 0 Å². The molecule has 1 aliphatic carbocycles. The number of methoxy groups -OCH3 is 2. The third kappa shape index (κ3) is 4.47. The molecule has 0 radical (unpaired) electrons. The normalized spacial score (nSPS) is 15.4. The quantitative estimate of drug-likeness (QED) is 0.773. The zero-order valence-electron chi connectivity index (χ0n) is 15.1. The van der Waals surface area contributed by atoms with Crippen LogP contribution in [0.15, 0.2) is 48.5 Å². The average Bonchev–Trinajstić information content (AvgIpc) is 3.12. The molecule has 0 saturated heterocycles. The van der Waals surface area contributed by atoms with Crippen LogP contribution in [0.2, 0.25) is 0 Å². The predicted octanol–water partition coefficient (Wildman–Crippen LogP) is 4.73. The van der Waals surface area contributed by atoms with E-state index >= 15 is 0 Å². The summed E-state index contributed by atoms with van der Waals surface area (Å²) in [7, 11) is 3.39. The van der Waals surface area contributed by atoms with Crippen molar-refractivity contribution in [1.29, 1.82) is 0 Å². The first-order valence-electron chi connectivity index (χ1n) is 8.74. The largest absolute Gasteiger partial charge is 0.497 e. The Morgan fingerprint density at radius 3 is 2.32 bits per heavy atom. The minimum atomic E-state index is 0. The summed E-state index contributed by atoms with van der Waals surface area (Å²) in [4.78, 5) is 0. The highest BCUT2D eigenvalue weighted by Crippen LogP contribution is 2.40. The molecule has 2 aromatic rings. The van der Waals surface area contributed by atoms with Gasteiger partial charge in [-0.2, -0.15) is 0 Å². The third-order valence-corrected chi connectivity index (χ3v) is 5.22. The van der Waals surface area contributed by atoms with Crippen molar-refractivity contribution in [3.63, 3.8) is 0 Å². The highest BCUT2D eigenvalue weighted by molar-refractivity contribution is 5.85. The zero-order chi connectivity index (χ0) is 16.8. The summed E-state index contributed by atoms with van der Waals surface area (Å²) in [5, 5.41) is 3.67. The lowest BCUT2D eigenvalue weighted by Crippen LogP contribution is -2.35. The number of benzene rings is 2. The molecule has 0 spiro atoms. The summed E-state index contributed by atoms with van der Waals surface area (Å²) in [6.45, 7) is 1.81. The lowest BCUT2D eigenvalue weighted by Gasteiger charge is -2.30. The molecule has 1 N–H and O–H groups in total. The minimum absolute atomic E-state index is 0. The lowest BCUT2D eigenvalue weighted by molar-refractivity contribution is 0.382. The first-order valence-corrected chi connectivity index (χ1v) is 8.74. The Hall–Kier alpha value is -1.71. The second-order valence-electron chi connectivity index (χ2n) is 6.63. The predicted molar refractivity (Wildman–Crippen MR) is 105 cm³/mol. The Balaban J connectivity index is 0.00000225. The monoisotopic (exact) mass is 361 g/mol. The van der Waals surface area contributed by atoms with Crippen LogP contribution in [-0.2, 0) is 12.0 Å². The van der Waals surface area contributed by atoms with Crippen LogP contribution >= 0.6 is 12.4 Å². The van der Waals surface area contributed by atoms with Crippen LogP contribution in [0, 0.1) is 0 Å². The maximum absolute atomic E-state index is 5.50. The maximum Gasteiger partial charge on any atom is 0.127 e. The standard InChI is InChI=1S/C21H27NO2.ClH/c1-23-19-11-10-17(20(14-19)24-2)15-22-16-21(12-6-7-13-21)18-8-4-3-5-9-18;/h3-5,8-11,14,22H,6-7,12-13,15-16H2,1-2H3;1H. The molecule has 0 bridgehead atoms. The van der Waals surface area contributed by atoms with Gasteiger partial charge in [-0.3, -0.25) is 0 Å². The fourth-order valence-corrected chi connectivity index (χ4v) is 3.85. The summed E-state index contributed by atoms with van der Waals surface area (Å²) in [5.41, 5.74) is 2.91. The first kappa shape index (κ1) is 19.6. The molecule has 0 amide bonds. The maximum atomic E-state index is 5.50.